The van der Waals surface area contributed by atoms with Crippen molar-refractivity contribution in [3.63, 3.8) is 0 Å². The van der Waals surface area contributed by atoms with Crippen molar-refractivity contribution in [3.05, 3.63) is 52.6 Å². The predicted octanol–water partition coefficient (Wildman–Crippen LogP) is 3.78. The first-order valence-electron chi connectivity index (χ1n) is 8.88. The van der Waals surface area contributed by atoms with Gasteiger partial charge in [0.05, 0.1) is 18.0 Å². The molecule has 0 bridgehead atoms. The minimum absolute atomic E-state index is 0.262. The number of benzene rings is 1. The molecule has 0 amide bonds. The van der Waals surface area contributed by atoms with Crippen LogP contribution in [0.5, 0.6) is 5.75 Å². The summed E-state index contributed by atoms with van der Waals surface area (Å²) in [5.74, 6) is 0.394. The van der Waals surface area contributed by atoms with Gasteiger partial charge in [-0.2, -0.15) is 0 Å². The quantitative estimate of drug-likeness (QED) is 0.484. The molecule has 0 saturated heterocycles. The molecule has 0 aliphatic rings. The summed E-state index contributed by atoms with van der Waals surface area (Å²) in [6.45, 7) is 5.37. The van der Waals surface area contributed by atoms with Gasteiger partial charge in [0.2, 0.25) is 5.75 Å². The van der Waals surface area contributed by atoms with Crippen LogP contribution < -0.4 is 10.4 Å². The molecule has 0 spiro atoms. The maximum Gasteiger partial charge on any atom is 0.336 e. The molecule has 0 aliphatic carbocycles. The van der Waals surface area contributed by atoms with Crippen LogP contribution >= 0.6 is 0 Å². The first-order valence-corrected chi connectivity index (χ1v) is 8.88. The second-order valence-electron chi connectivity index (χ2n) is 7.29. The van der Waals surface area contributed by atoms with Gasteiger partial charge in [0.1, 0.15) is 6.61 Å². The van der Waals surface area contributed by atoms with Gasteiger partial charge in [-0.3, -0.25) is 0 Å². The van der Waals surface area contributed by atoms with Gasteiger partial charge in [-0.1, -0.05) is 5.57 Å². The second-order valence-corrected chi connectivity index (χ2v) is 7.29. The van der Waals surface area contributed by atoms with Crippen molar-refractivity contribution in [1.29, 1.82) is 0 Å². The Labute approximate surface area is 156 Å². The van der Waals surface area contributed by atoms with Crippen molar-refractivity contribution >= 4 is 21.9 Å². The third kappa shape index (κ3) is 4.40. The Kier molecular flexibility index (Phi) is 5.39. The van der Waals surface area contributed by atoms with E-state index >= 15 is 0 Å². The molecule has 2 N–H and O–H groups in total. The molecule has 2 heterocycles. The van der Waals surface area contributed by atoms with Crippen LogP contribution in [0.1, 0.15) is 33.6 Å². The minimum Gasteiger partial charge on any atom is -0.482 e. The van der Waals surface area contributed by atoms with Gasteiger partial charge in [0.25, 0.3) is 0 Å². The Balaban J connectivity index is 1.77. The molecule has 0 saturated carbocycles. The molecular weight excluding hydrogens is 348 g/mol. The zero-order chi connectivity index (χ0) is 19.6. The van der Waals surface area contributed by atoms with Crippen molar-refractivity contribution < 1.29 is 23.8 Å². The van der Waals surface area contributed by atoms with Crippen LogP contribution in [0.3, 0.4) is 0 Å². The van der Waals surface area contributed by atoms with E-state index in [9.17, 15) is 15.0 Å². The summed E-state index contributed by atoms with van der Waals surface area (Å²) >= 11 is 0. The van der Waals surface area contributed by atoms with E-state index in [4.69, 9.17) is 13.6 Å². The highest BCUT2D eigenvalue weighted by Crippen LogP contribution is 2.35. The van der Waals surface area contributed by atoms with Gasteiger partial charge in [-0.05, 0) is 57.9 Å². The van der Waals surface area contributed by atoms with Crippen LogP contribution in [-0.4, -0.2) is 28.5 Å². The third-order valence-corrected chi connectivity index (χ3v) is 4.57. The maximum absolute atomic E-state index is 11.6. The number of rotatable bonds is 7. The van der Waals surface area contributed by atoms with E-state index in [2.05, 4.69) is 0 Å². The second kappa shape index (κ2) is 7.58. The summed E-state index contributed by atoms with van der Waals surface area (Å²) in [5, 5.41) is 21.3. The zero-order valence-corrected chi connectivity index (χ0v) is 15.7. The lowest BCUT2D eigenvalue weighted by atomic mass is 9.96. The average Bonchev–Trinajstić information content (AvgIpc) is 3.06. The number of aliphatic hydroxyl groups is 2. The normalized spacial score (nSPS) is 14.0. The highest BCUT2D eigenvalue weighted by molar-refractivity contribution is 5.99. The molecule has 1 atom stereocenters. The Bertz CT molecular complexity index is 1020. The first kappa shape index (κ1) is 19.2. The first-order chi connectivity index (χ1) is 12.8. The summed E-state index contributed by atoms with van der Waals surface area (Å²) in [6, 6.07) is 6.77. The van der Waals surface area contributed by atoms with E-state index in [0.29, 0.717) is 29.8 Å². The summed E-state index contributed by atoms with van der Waals surface area (Å²) in [4.78, 5) is 11.6. The number of fused-ring (bicyclic) bond motifs is 2. The van der Waals surface area contributed by atoms with Gasteiger partial charge in [0.15, 0.2) is 11.2 Å². The van der Waals surface area contributed by atoms with E-state index in [1.54, 1.807) is 26.2 Å². The topological polar surface area (TPSA) is 93.0 Å². The minimum atomic E-state index is -1.12. The smallest absolute Gasteiger partial charge is 0.336 e. The number of ether oxygens (including phenoxy) is 1. The van der Waals surface area contributed by atoms with E-state index in [1.165, 1.54) is 6.07 Å². The lowest BCUT2D eigenvalue weighted by molar-refractivity contribution is -0.0509. The van der Waals surface area contributed by atoms with Gasteiger partial charge in [0, 0.05) is 16.8 Å². The molecule has 3 rings (SSSR count). The number of hydrogen-bond donors (Lipinski definition) is 2. The van der Waals surface area contributed by atoms with Gasteiger partial charge in [-0.15, -0.1) is 0 Å². The SMILES string of the molecule is C/C(=C\COc1c2occc2cc2ccc(=O)oc12)CC[C@H](O)C(C)(C)O. The van der Waals surface area contributed by atoms with E-state index < -0.39 is 17.3 Å². The summed E-state index contributed by atoms with van der Waals surface area (Å²) in [5.41, 5.74) is 0.331. The lowest BCUT2D eigenvalue weighted by Gasteiger charge is -2.24. The van der Waals surface area contributed by atoms with Gasteiger partial charge < -0.3 is 23.8 Å². The standard InChI is InChI=1S/C21H24O6/c1-13(4-6-16(22)21(2,3)24)8-10-26-20-18-15(9-11-25-18)12-14-5-7-17(23)27-19(14)20/h5,7-9,11-12,16,22,24H,4,6,10H2,1-3H3/b13-8+/t16-/m0/s1. The fraction of sp³-hybridized carbons (Fsp3) is 0.381. The molecule has 6 nitrogen and oxygen atoms in total. The molecule has 0 aliphatic heterocycles. The van der Waals surface area contributed by atoms with Crippen LogP contribution in [0.15, 0.2) is 55.8 Å². The van der Waals surface area contributed by atoms with E-state index in [0.717, 1.165) is 16.3 Å². The fourth-order valence-electron chi connectivity index (χ4n) is 2.82. The largest absolute Gasteiger partial charge is 0.482 e. The molecular formula is C21H24O6. The summed E-state index contributed by atoms with van der Waals surface area (Å²) < 4.78 is 16.7. The highest BCUT2D eigenvalue weighted by atomic mass is 16.5. The molecule has 6 heteroatoms. The zero-order valence-electron chi connectivity index (χ0n) is 15.7. The lowest BCUT2D eigenvalue weighted by Crippen LogP contribution is -2.35. The number of furan rings is 1. The van der Waals surface area contributed by atoms with Crippen LogP contribution in [0.25, 0.3) is 21.9 Å². The number of hydrogen-bond acceptors (Lipinski definition) is 6. The molecule has 0 fully saturated rings. The Hall–Kier alpha value is -2.57. The summed E-state index contributed by atoms with van der Waals surface area (Å²) in [6.07, 6.45) is 3.75. The van der Waals surface area contributed by atoms with Crippen molar-refractivity contribution in [1.82, 2.24) is 0 Å². The van der Waals surface area contributed by atoms with E-state index in [-0.39, 0.29) is 6.61 Å². The van der Waals surface area contributed by atoms with Crippen LogP contribution in [0.4, 0.5) is 0 Å². The Morgan fingerprint density at radius 3 is 2.74 bits per heavy atom. The molecule has 144 valence electrons. The third-order valence-electron chi connectivity index (χ3n) is 4.57. The molecule has 27 heavy (non-hydrogen) atoms. The van der Waals surface area contributed by atoms with Gasteiger partial charge >= 0.3 is 5.63 Å². The Morgan fingerprint density at radius 2 is 2.00 bits per heavy atom. The fourth-order valence-corrected chi connectivity index (χ4v) is 2.82. The van der Waals surface area contributed by atoms with Crippen molar-refractivity contribution in [2.45, 2.75) is 45.3 Å². The van der Waals surface area contributed by atoms with E-state index in [1.807, 2.05) is 25.1 Å². The monoisotopic (exact) mass is 372 g/mol. The van der Waals surface area contributed by atoms with Crippen LogP contribution in [0.2, 0.25) is 0 Å². The van der Waals surface area contributed by atoms with Crippen LogP contribution in [-0.2, 0) is 0 Å². The van der Waals surface area contributed by atoms with Crippen molar-refractivity contribution in [2.75, 3.05) is 6.61 Å². The number of aliphatic hydroxyl groups excluding tert-OH is 1. The molecule has 1 aromatic carbocycles. The Morgan fingerprint density at radius 1 is 1.26 bits per heavy atom. The molecule has 3 aromatic rings. The average molecular weight is 372 g/mol. The van der Waals surface area contributed by atoms with Crippen LogP contribution in [0, 0.1) is 0 Å². The molecule has 2 aromatic heterocycles. The van der Waals surface area contributed by atoms with Gasteiger partial charge in [-0.25, -0.2) is 4.79 Å². The maximum atomic E-state index is 11.6. The highest BCUT2D eigenvalue weighted by Gasteiger charge is 2.23. The van der Waals surface area contributed by atoms with Crippen molar-refractivity contribution in [3.8, 4) is 5.75 Å². The molecule has 0 radical (unpaired) electrons. The van der Waals surface area contributed by atoms with Crippen molar-refractivity contribution in [2.24, 2.45) is 0 Å². The molecule has 0 unspecified atom stereocenters. The summed E-state index contributed by atoms with van der Waals surface area (Å²) in [7, 11) is 0. The predicted molar refractivity (Wildman–Crippen MR) is 103 cm³/mol. The number of allylic oxidation sites excluding steroid dienone is 1.